The standard InChI is InChI=1S/C19H12F3N3O3S.C2H7NO/c20-19(21,22)10-5-6-15-14(7-10)23-16(29-15)9-25-18(28)12-4-2-1-3-11(12)13(24-25)8-17(26)27;3-1-2-4/h1-7H,8-9H2,(H,26,27);4H,1-3H2. The normalized spacial score (nSPS) is 11.4. The van der Waals surface area contributed by atoms with Gasteiger partial charge < -0.3 is 15.9 Å². The fourth-order valence-electron chi connectivity index (χ4n) is 3.03. The molecule has 0 aliphatic heterocycles. The molecule has 4 N–H and O–H groups in total. The van der Waals surface area contributed by atoms with Crippen LogP contribution in [0.1, 0.15) is 16.3 Å². The van der Waals surface area contributed by atoms with Gasteiger partial charge in [0, 0.05) is 11.9 Å². The summed E-state index contributed by atoms with van der Waals surface area (Å²) in [6.07, 6.45) is -4.84. The molecular weight excluding hydrogens is 461 g/mol. The highest BCUT2D eigenvalue weighted by molar-refractivity contribution is 7.18. The maximum atomic E-state index is 12.9. The molecule has 0 fully saturated rings. The highest BCUT2D eigenvalue weighted by atomic mass is 32.1. The topological polar surface area (TPSA) is 131 Å². The van der Waals surface area contributed by atoms with Gasteiger partial charge in [-0.3, -0.25) is 9.59 Å². The number of rotatable bonds is 5. The average Bonchev–Trinajstić information content (AvgIpc) is 3.18. The first-order valence-corrected chi connectivity index (χ1v) is 10.4. The summed E-state index contributed by atoms with van der Waals surface area (Å²) >= 11 is 1.15. The van der Waals surface area contributed by atoms with Crippen molar-refractivity contribution in [1.29, 1.82) is 0 Å². The van der Waals surface area contributed by atoms with Crippen molar-refractivity contribution < 1.29 is 28.2 Å². The van der Waals surface area contributed by atoms with E-state index in [9.17, 15) is 22.8 Å². The molecule has 0 radical (unpaired) electrons. The molecule has 0 unspecified atom stereocenters. The van der Waals surface area contributed by atoms with Crippen molar-refractivity contribution in [3.05, 3.63) is 69.1 Å². The van der Waals surface area contributed by atoms with Gasteiger partial charge in [0.05, 0.1) is 46.4 Å². The first-order chi connectivity index (χ1) is 15.6. The third-order valence-electron chi connectivity index (χ3n) is 4.44. The number of hydrogen-bond donors (Lipinski definition) is 3. The third kappa shape index (κ3) is 5.72. The molecule has 8 nitrogen and oxygen atoms in total. The Morgan fingerprint density at radius 2 is 1.82 bits per heavy atom. The number of nitrogens with zero attached hydrogens (tertiary/aromatic N) is 3. The van der Waals surface area contributed by atoms with Gasteiger partial charge in [-0.05, 0) is 24.3 Å². The Morgan fingerprint density at radius 3 is 2.42 bits per heavy atom. The largest absolute Gasteiger partial charge is 0.481 e. The predicted molar refractivity (Wildman–Crippen MR) is 117 cm³/mol. The van der Waals surface area contributed by atoms with Crippen LogP contribution in [-0.2, 0) is 23.9 Å². The van der Waals surface area contributed by atoms with Gasteiger partial charge in [-0.2, -0.15) is 18.3 Å². The van der Waals surface area contributed by atoms with Crippen molar-refractivity contribution in [2.75, 3.05) is 13.2 Å². The highest BCUT2D eigenvalue weighted by Gasteiger charge is 2.30. The fraction of sp³-hybridized carbons (Fsp3) is 0.238. The molecule has 12 heteroatoms. The minimum atomic E-state index is -4.47. The van der Waals surface area contributed by atoms with Crippen LogP contribution in [0.25, 0.3) is 21.0 Å². The van der Waals surface area contributed by atoms with Crippen LogP contribution in [0.5, 0.6) is 0 Å². The molecular formula is C21H19F3N4O4S. The summed E-state index contributed by atoms with van der Waals surface area (Å²) in [5, 5.41) is 22.2. The number of alkyl halides is 3. The van der Waals surface area contributed by atoms with Gasteiger partial charge in [0.25, 0.3) is 5.56 Å². The van der Waals surface area contributed by atoms with Crippen LogP contribution in [0, 0.1) is 0 Å². The maximum absolute atomic E-state index is 12.9. The number of halogens is 3. The van der Waals surface area contributed by atoms with Crippen molar-refractivity contribution in [1.82, 2.24) is 14.8 Å². The van der Waals surface area contributed by atoms with Gasteiger partial charge in [-0.15, -0.1) is 11.3 Å². The van der Waals surface area contributed by atoms with E-state index in [0.29, 0.717) is 27.0 Å². The van der Waals surface area contributed by atoms with E-state index < -0.39 is 23.3 Å². The fourth-order valence-corrected chi connectivity index (χ4v) is 3.96. The molecule has 0 spiro atoms. The van der Waals surface area contributed by atoms with Crippen LogP contribution in [0.2, 0.25) is 0 Å². The number of aliphatic hydroxyl groups is 1. The van der Waals surface area contributed by atoms with Crippen molar-refractivity contribution in [3.8, 4) is 0 Å². The Labute approximate surface area is 188 Å². The molecule has 2 heterocycles. The third-order valence-corrected chi connectivity index (χ3v) is 5.46. The number of thiazole rings is 1. The molecule has 33 heavy (non-hydrogen) atoms. The lowest BCUT2D eigenvalue weighted by molar-refractivity contribution is -0.138. The van der Waals surface area contributed by atoms with E-state index >= 15 is 0 Å². The number of aromatic nitrogens is 3. The van der Waals surface area contributed by atoms with Crippen LogP contribution < -0.4 is 11.3 Å². The molecule has 0 aliphatic carbocycles. The molecule has 0 saturated carbocycles. The smallest absolute Gasteiger partial charge is 0.416 e. The summed E-state index contributed by atoms with van der Waals surface area (Å²) in [6.45, 7) is 0.400. The minimum absolute atomic E-state index is 0.0724. The summed E-state index contributed by atoms with van der Waals surface area (Å²) in [5.41, 5.74) is 3.96. The second-order valence-electron chi connectivity index (χ2n) is 6.83. The molecule has 4 rings (SSSR count). The number of aliphatic carboxylic acids is 1. The SMILES string of the molecule is NCCO.O=C(O)Cc1nn(Cc2nc3cc(C(F)(F)F)ccc3s2)c(=O)c2ccccc12. The Kier molecular flexibility index (Phi) is 7.41. The van der Waals surface area contributed by atoms with E-state index in [4.69, 9.17) is 15.9 Å². The molecule has 4 aromatic rings. The number of fused-ring (bicyclic) bond motifs is 2. The Hall–Kier alpha value is -3.35. The van der Waals surface area contributed by atoms with E-state index in [1.807, 2.05) is 0 Å². The van der Waals surface area contributed by atoms with Crippen LogP contribution in [0.15, 0.2) is 47.3 Å². The number of hydrogen-bond acceptors (Lipinski definition) is 7. The van der Waals surface area contributed by atoms with Crippen LogP contribution >= 0.6 is 11.3 Å². The van der Waals surface area contributed by atoms with E-state index in [1.54, 1.807) is 24.3 Å². The Balaban J connectivity index is 0.000000709. The van der Waals surface area contributed by atoms with E-state index in [1.165, 1.54) is 6.07 Å². The van der Waals surface area contributed by atoms with E-state index in [2.05, 4.69) is 10.1 Å². The number of carboxylic acids is 1. The second kappa shape index (κ2) is 10.1. The lowest BCUT2D eigenvalue weighted by Gasteiger charge is -2.08. The summed E-state index contributed by atoms with van der Waals surface area (Å²) in [4.78, 5) is 28.1. The van der Waals surface area contributed by atoms with Crippen molar-refractivity contribution in [2.24, 2.45) is 5.73 Å². The summed E-state index contributed by atoms with van der Waals surface area (Å²) in [6, 6.07) is 9.83. The molecule has 0 saturated heterocycles. The molecule has 2 aromatic heterocycles. The number of carbonyl (C=O) groups is 1. The van der Waals surface area contributed by atoms with Crippen LogP contribution in [0.4, 0.5) is 13.2 Å². The summed E-state index contributed by atoms with van der Waals surface area (Å²) in [5.74, 6) is -1.09. The number of nitrogens with two attached hydrogens (primary N) is 1. The molecule has 0 aliphatic rings. The number of carboxylic acid groups (broad SMARTS) is 1. The first-order valence-electron chi connectivity index (χ1n) is 9.62. The van der Waals surface area contributed by atoms with Crippen molar-refractivity contribution >= 4 is 38.3 Å². The van der Waals surface area contributed by atoms with Crippen molar-refractivity contribution in [2.45, 2.75) is 19.1 Å². The maximum Gasteiger partial charge on any atom is 0.416 e. The van der Waals surface area contributed by atoms with Crippen molar-refractivity contribution in [3.63, 3.8) is 0 Å². The highest BCUT2D eigenvalue weighted by Crippen LogP contribution is 2.33. The van der Waals surface area contributed by atoms with Gasteiger partial charge in [0.1, 0.15) is 5.01 Å². The second-order valence-corrected chi connectivity index (χ2v) is 7.94. The summed E-state index contributed by atoms with van der Waals surface area (Å²) in [7, 11) is 0. The zero-order valence-electron chi connectivity index (χ0n) is 17.0. The molecule has 0 atom stereocenters. The van der Waals surface area contributed by atoms with Gasteiger partial charge >= 0.3 is 12.1 Å². The lowest BCUT2D eigenvalue weighted by atomic mass is 10.1. The average molecular weight is 480 g/mol. The number of benzene rings is 2. The quantitative estimate of drug-likeness (QED) is 0.400. The molecule has 0 bridgehead atoms. The molecule has 2 aromatic carbocycles. The Bertz CT molecular complexity index is 1350. The van der Waals surface area contributed by atoms with Gasteiger partial charge in [0.15, 0.2) is 0 Å². The first kappa shape index (κ1) is 24.3. The van der Waals surface area contributed by atoms with Crippen LogP contribution in [0.3, 0.4) is 0 Å². The zero-order chi connectivity index (χ0) is 24.2. The molecule has 0 amide bonds. The van der Waals surface area contributed by atoms with E-state index in [0.717, 1.165) is 28.2 Å². The zero-order valence-corrected chi connectivity index (χ0v) is 17.9. The molecule has 174 valence electrons. The van der Waals surface area contributed by atoms with E-state index in [-0.39, 0.29) is 30.8 Å². The van der Waals surface area contributed by atoms with Gasteiger partial charge in [-0.25, -0.2) is 9.67 Å². The number of aliphatic hydroxyl groups excluding tert-OH is 1. The monoisotopic (exact) mass is 480 g/mol. The van der Waals surface area contributed by atoms with Gasteiger partial charge in [0.2, 0.25) is 0 Å². The summed E-state index contributed by atoms with van der Waals surface area (Å²) < 4.78 is 40.3. The predicted octanol–water partition coefficient (Wildman–Crippen LogP) is 2.64. The van der Waals surface area contributed by atoms with Gasteiger partial charge in [-0.1, -0.05) is 18.2 Å². The Morgan fingerprint density at radius 1 is 1.15 bits per heavy atom. The minimum Gasteiger partial charge on any atom is -0.481 e. The lowest BCUT2D eigenvalue weighted by Crippen LogP contribution is -2.26. The van der Waals surface area contributed by atoms with Crippen LogP contribution in [-0.4, -0.2) is 44.1 Å².